The molecule has 39 atom stereocenters. The highest BCUT2D eigenvalue weighted by atomic mass is 16.6. The van der Waals surface area contributed by atoms with Crippen molar-refractivity contribution in [2.24, 2.45) is 188 Å². The molecule has 0 spiro atoms. The summed E-state index contributed by atoms with van der Waals surface area (Å²) in [5.41, 5.74) is -1.40. The molecule has 12 bridgehead atoms. The maximum atomic E-state index is 12.5. The van der Waals surface area contributed by atoms with Crippen LogP contribution < -0.4 is 0 Å². The van der Waals surface area contributed by atoms with E-state index in [1.54, 1.807) is 14.2 Å². The summed E-state index contributed by atoms with van der Waals surface area (Å²) in [5, 5.41) is 0. The lowest BCUT2D eigenvalue weighted by Crippen LogP contribution is -2.47. The molecule has 690 valence electrons. The van der Waals surface area contributed by atoms with Gasteiger partial charge in [-0.05, 0) is 156 Å². The fraction of sp³-hybridized carbons (Fsp3) is 0.874. The van der Waals surface area contributed by atoms with E-state index >= 15 is 0 Å². The van der Waals surface area contributed by atoms with Gasteiger partial charge < -0.3 is 75.8 Å². The fourth-order valence-electron chi connectivity index (χ4n) is 25.3. The van der Waals surface area contributed by atoms with E-state index in [9.17, 15) is 57.5 Å². The number of esters is 12. The molecular weight excluding hydrogens is 1590 g/mol. The minimum atomic E-state index is -0.486. The van der Waals surface area contributed by atoms with Gasteiger partial charge in [0.05, 0.1) is 134 Å². The number of carbonyl (C=O) groups is 12. The molecule has 0 N–H and O–H groups in total. The van der Waals surface area contributed by atoms with Crippen LogP contribution in [0.4, 0.5) is 0 Å². The third-order valence-corrected chi connectivity index (χ3v) is 34.2. The molecule has 18 aliphatic rings. The van der Waals surface area contributed by atoms with Crippen molar-refractivity contribution in [3.8, 4) is 0 Å². The van der Waals surface area contributed by atoms with Crippen molar-refractivity contribution in [3.63, 3.8) is 0 Å². The molecule has 6 heterocycles. The molecule has 0 aromatic rings. The van der Waals surface area contributed by atoms with E-state index < -0.39 is 16.2 Å². The van der Waals surface area contributed by atoms with Gasteiger partial charge in [0.1, 0.15) is 36.6 Å². The molecule has 6 saturated heterocycles. The smallest absolute Gasteiger partial charge is 0.311 e. The molecule has 12 saturated carbocycles. The van der Waals surface area contributed by atoms with Crippen molar-refractivity contribution in [2.45, 2.75) is 270 Å². The van der Waals surface area contributed by atoms with Gasteiger partial charge in [-0.2, -0.15) is 0 Å². The summed E-state index contributed by atoms with van der Waals surface area (Å²) in [6, 6.07) is 0. The normalized spacial score (nSPS) is 42.1. The standard InChI is InChI=1S/C17H26O5.2C16H24O5.C16H24O4.C15H22O5.C15H22O4/c1-5-17(3,4)16(19)22-14-9-7-10(13(14)20-6-2)12-11(9)8-21-15(12)18;1-5-16(2,3)15(18)21-13-8-6-9(12(13)19-4)11-10(8)7-20-14(11)17;1-4-8(3)15(17)21-14-9-6-10(13(14)19-5-2)12-11(9)7-20-16(12)18;1-5-16(3,4)15(18)20-13-8(2)9-6-10(13)11-7-19-14(17)12(9)11;1-4-7(2)14(16)20-13-8-5-9(12(13)18-3)11-10(8)6-19-15(11)17;1-4-7(2)14(16)19-13-8(3)9-5-10(13)11-6-18-15(17)12(9)11/h9-14H,5-8H2,1-4H3;8-13H,5-7H2,1-4H3;8-14H,4-7H2,1-3H3;8-13H,5-7H2,1-4H3;7-13H,4-6H2,1-3H3;7-13H,4-6H2,1-3H3. The monoisotopic (exact) mass is 1730 g/mol. The predicted molar refractivity (Wildman–Crippen MR) is 438 cm³/mol. The zero-order valence-electron chi connectivity index (χ0n) is 76.6. The molecule has 123 heavy (non-hydrogen) atoms. The number of carbonyl (C=O) groups excluding carboxylic acids is 12. The van der Waals surface area contributed by atoms with Crippen LogP contribution >= 0.6 is 0 Å². The summed E-state index contributed by atoms with van der Waals surface area (Å²) >= 11 is 0. The predicted octanol–water partition coefficient (Wildman–Crippen LogP) is 11.6. The van der Waals surface area contributed by atoms with E-state index in [2.05, 4.69) is 13.8 Å². The molecule has 0 aromatic carbocycles. The highest BCUT2D eigenvalue weighted by Gasteiger charge is 2.71. The minimum Gasteiger partial charge on any atom is -0.465 e. The van der Waals surface area contributed by atoms with Crippen molar-refractivity contribution < 1.29 is 133 Å². The maximum Gasteiger partial charge on any atom is 0.311 e. The lowest BCUT2D eigenvalue weighted by molar-refractivity contribution is -0.177. The summed E-state index contributed by atoms with van der Waals surface area (Å²) in [6.45, 7) is 41.2. The maximum absolute atomic E-state index is 12.5. The molecule has 12 aliphatic carbocycles. The van der Waals surface area contributed by atoms with Crippen LogP contribution in [0.1, 0.15) is 209 Å². The molecular formula is C95H142O28. The molecule has 28 heteroatoms. The lowest BCUT2D eigenvalue weighted by Gasteiger charge is -2.36. The third-order valence-electron chi connectivity index (χ3n) is 34.2. The Morgan fingerprint density at radius 2 is 0.496 bits per heavy atom. The minimum absolute atomic E-state index is 0.0118. The summed E-state index contributed by atoms with van der Waals surface area (Å²) in [6.07, 6.45) is 8.60. The van der Waals surface area contributed by atoms with Gasteiger partial charge >= 0.3 is 71.6 Å². The van der Waals surface area contributed by atoms with E-state index in [1.165, 1.54) is 0 Å². The second-order valence-corrected chi connectivity index (χ2v) is 41.2. The number of hydrogen-bond donors (Lipinski definition) is 0. The Balaban J connectivity index is 0.000000127. The number of hydrogen-bond acceptors (Lipinski definition) is 28. The first-order valence-electron chi connectivity index (χ1n) is 46.9. The Bertz CT molecular complexity index is 3880. The van der Waals surface area contributed by atoms with E-state index in [0.717, 1.165) is 77.0 Å². The SMILES string of the molecule is CCC(C)(C)C(=O)OC1C(C)C2CC1C1COC(=O)C21.CCC(C)(C)C(=O)OC1C2CC(C1OC)C1C(=O)OCC21.CCC(C)C(=O)OC1C(C)C2CC1C1COC(=O)C21.CCC(C)C(=O)OC1C2CC(C1OC)C1C(=O)OCC21.CCOC1C2CC(C3COC(=O)C32)C1OC(=O)C(C)(C)CC.CCOC1C2CC(C3COC(=O)C32)C1OC(=O)C(C)CC. The lowest BCUT2D eigenvalue weighted by atomic mass is 9.74. The average molecular weight is 1730 g/mol. The first kappa shape index (κ1) is 94.1. The van der Waals surface area contributed by atoms with Crippen LogP contribution in [0.25, 0.3) is 0 Å². The number of fused-ring (bicyclic) bond motifs is 30. The Kier molecular flexibility index (Phi) is 28.8. The topological polar surface area (TPSA) is 353 Å². The Morgan fingerprint density at radius 1 is 0.293 bits per heavy atom. The largest absolute Gasteiger partial charge is 0.465 e. The van der Waals surface area contributed by atoms with E-state index in [0.29, 0.717) is 76.5 Å². The zero-order chi connectivity index (χ0) is 89.4. The Hall–Kier alpha value is -6.52. The molecule has 39 unspecified atom stereocenters. The Morgan fingerprint density at radius 3 is 0.748 bits per heavy atom. The quantitative estimate of drug-likeness (QED) is 0.0640. The van der Waals surface area contributed by atoms with Crippen LogP contribution in [-0.2, 0) is 133 Å². The van der Waals surface area contributed by atoms with Gasteiger partial charge in [0.15, 0.2) is 0 Å². The van der Waals surface area contributed by atoms with Gasteiger partial charge in [0.2, 0.25) is 0 Å². The molecule has 18 rings (SSSR count). The zero-order valence-corrected chi connectivity index (χ0v) is 76.6. The number of rotatable bonds is 24. The Labute approximate surface area is 726 Å². The molecule has 18 fully saturated rings. The third kappa shape index (κ3) is 17.1. The van der Waals surface area contributed by atoms with Crippen LogP contribution in [0, 0.1) is 188 Å². The average Bonchev–Trinajstić information content (AvgIpc) is 1.59. The molecule has 0 radical (unpaired) electrons. The highest BCUT2D eigenvalue weighted by Crippen LogP contribution is 2.64. The van der Waals surface area contributed by atoms with Gasteiger partial charge in [-0.15, -0.1) is 0 Å². The first-order chi connectivity index (χ1) is 58.4. The van der Waals surface area contributed by atoms with Gasteiger partial charge in [0, 0.05) is 122 Å². The summed E-state index contributed by atoms with van der Waals surface area (Å²) < 4.78 is 88.8. The van der Waals surface area contributed by atoms with Crippen LogP contribution in [0.15, 0.2) is 0 Å². The van der Waals surface area contributed by atoms with Gasteiger partial charge in [-0.3, -0.25) is 57.5 Å². The summed E-state index contributed by atoms with van der Waals surface area (Å²) in [7, 11) is 3.26. The summed E-state index contributed by atoms with van der Waals surface area (Å²) in [4.78, 5) is 144. The van der Waals surface area contributed by atoms with Crippen LogP contribution in [0.3, 0.4) is 0 Å². The van der Waals surface area contributed by atoms with E-state index in [4.69, 9.17) is 75.8 Å². The second kappa shape index (κ2) is 37.7. The molecule has 28 nitrogen and oxygen atoms in total. The fourth-order valence-corrected chi connectivity index (χ4v) is 25.3. The van der Waals surface area contributed by atoms with Crippen molar-refractivity contribution in [3.05, 3.63) is 0 Å². The van der Waals surface area contributed by atoms with Gasteiger partial charge in [-0.25, -0.2) is 0 Å². The molecule has 0 amide bonds. The van der Waals surface area contributed by atoms with Crippen LogP contribution in [0.2, 0.25) is 0 Å². The van der Waals surface area contributed by atoms with Crippen molar-refractivity contribution in [1.29, 1.82) is 0 Å². The van der Waals surface area contributed by atoms with E-state index in [1.807, 2.05) is 118 Å². The number of ether oxygens (including phenoxy) is 16. The first-order valence-corrected chi connectivity index (χ1v) is 46.9. The van der Waals surface area contributed by atoms with Crippen molar-refractivity contribution in [1.82, 2.24) is 0 Å². The molecule has 6 aliphatic heterocycles. The van der Waals surface area contributed by atoms with Crippen molar-refractivity contribution in [2.75, 3.05) is 67.1 Å². The number of cyclic esters (lactones) is 6. The van der Waals surface area contributed by atoms with Crippen molar-refractivity contribution >= 4 is 71.6 Å². The van der Waals surface area contributed by atoms with E-state index in [-0.39, 0.29) is 281 Å². The second-order valence-electron chi connectivity index (χ2n) is 41.2. The number of methoxy groups -OCH3 is 2. The van der Waals surface area contributed by atoms with Gasteiger partial charge in [-0.1, -0.05) is 76.2 Å². The highest BCUT2D eigenvalue weighted by molar-refractivity contribution is 5.82. The van der Waals surface area contributed by atoms with Crippen LogP contribution in [-0.4, -0.2) is 200 Å². The van der Waals surface area contributed by atoms with Crippen LogP contribution in [0.5, 0.6) is 0 Å². The van der Waals surface area contributed by atoms with Gasteiger partial charge in [0.25, 0.3) is 0 Å². The summed E-state index contributed by atoms with van der Waals surface area (Å²) in [5.74, 6) is 2.90. The molecule has 0 aromatic heterocycles.